The van der Waals surface area contributed by atoms with Gasteiger partial charge in [0, 0.05) is 13.7 Å². The Bertz CT molecular complexity index is 301. The van der Waals surface area contributed by atoms with Crippen molar-refractivity contribution >= 4 is 17.5 Å². The lowest BCUT2D eigenvalue weighted by atomic mass is 9.77. The van der Waals surface area contributed by atoms with Crippen molar-refractivity contribution in [2.45, 2.75) is 50.4 Å². The van der Waals surface area contributed by atoms with Crippen LogP contribution in [0.15, 0.2) is 0 Å². The van der Waals surface area contributed by atoms with Gasteiger partial charge in [-0.05, 0) is 26.2 Å². The second kappa shape index (κ2) is 5.76. The third-order valence-electron chi connectivity index (χ3n) is 4.17. The molecule has 1 aliphatic heterocycles. The predicted octanol–water partition coefficient (Wildman–Crippen LogP) is 1.80. The summed E-state index contributed by atoms with van der Waals surface area (Å²) in [6.07, 6.45) is 3.60. The number of hydrogen-bond donors (Lipinski definition) is 0. The summed E-state index contributed by atoms with van der Waals surface area (Å²) in [5.41, 5.74) is -0.203. The molecule has 18 heavy (non-hydrogen) atoms. The van der Waals surface area contributed by atoms with Crippen LogP contribution in [-0.2, 0) is 14.3 Å². The van der Waals surface area contributed by atoms with Crippen LogP contribution in [0.3, 0.4) is 0 Å². The second-order valence-corrected chi connectivity index (χ2v) is 5.73. The number of methoxy groups -OCH3 is 1. The van der Waals surface area contributed by atoms with Crippen LogP contribution < -0.4 is 0 Å². The first-order valence-electron chi connectivity index (χ1n) is 6.62. The molecular weight excluding hydrogens is 254 g/mol. The van der Waals surface area contributed by atoms with E-state index in [-0.39, 0.29) is 23.7 Å². The Labute approximate surface area is 114 Å². The van der Waals surface area contributed by atoms with Gasteiger partial charge in [0.05, 0.1) is 36.7 Å². The zero-order valence-electron chi connectivity index (χ0n) is 11.2. The van der Waals surface area contributed by atoms with Crippen molar-refractivity contribution in [1.29, 1.82) is 0 Å². The number of morpholine rings is 1. The topological polar surface area (TPSA) is 38.8 Å². The number of nitrogens with zero attached hydrogens (tertiary/aromatic N) is 1. The van der Waals surface area contributed by atoms with E-state index in [1.54, 1.807) is 7.11 Å². The van der Waals surface area contributed by atoms with Crippen LogP contribution in [0.5, 0.6) is 0 Å². The molecule has 2 atom stereocenters. The fourth-order valence-electron chi connectivity index (χ4n) is 2.66. The summed E-state index contributed by atoms with van der Waals surface area (Å²) in [5, 5.41) is 0. The average Bonchev–Trinajstić information content (AvgIpc) is 2.34. The highest BCUT2D eigenvalue weighted by Crippen LogP contribution is 2.38. The van der Waals surface area contributed by atoms with Gasteiger partial charge in [0.25, 0.3) is 0 Å². The molecule has 1 saturated heterocycles. The van der Waals surface area contributed by atoms with Gasteiger partial charge in [-0.25, -0.2) is 0 Å². The molecule has 2 aliphatic rings. The Morgan fingerprint density at radius 3 is 2.78 bits per heavy atom. The van der Waals surface area contributed by atoms with Crippen LogP contribution in [0.1, 0.15) is 32.6 Å². The summed E-state index contributed by atoms with van der Waals surface area (Å²) in [7, 11) is 1.71. The normalized spacial score (nSPS) is 30.9. The molecule has 104 valence electrons. The number of amides is 1. The van der Waals surface area contributed by atoms with Crippen LogP contribution in [-0.4, -0.2) is 54.7 Å². The zero-order valence-corrected chi connectivity index (χ0v) is 11.9. The van der Waals surface area contributed by atoms with Crippen molar-refractivity contribution < 1.29 is 14.3 Å². The molecular formula is C13H22ClNO3. The van der Waals surface area contributed by atoms with Crippen molar-refractivity contribution in [2.75, 3.05) is 26.1 Å². The van der Waals surface area contributed by atoms with Crippen molar-refractivity contribution in [3.63, 3.8) is 0 Å². The lowest BCUT2D eigenvalue weighted by Gasteiger charge is -2.43. The number of hydrogen-bond acceptors (Lipinski definition) is 3. The summed E-state index contributed by atoms with van der Waals surface area (Å²) in [5.74, 6) is 0.605. The lowest BCUT2D eigenvalue weighted by molar-refractivity contribution is -0.154. The van der Waals surface area contributed by atoms with Gasteiger partial charge in [-0.15, -0.1) is 11.6 Å². The highest BCUT2D eigenvalue weighted by molar-refractivity contribution is 6.18. The number of ether oxygens (including phenoxy) is 2. The van der Waals surface area contributed by atoms with Crippen LogP contribution >= 0.6 is 11.6 Å². The molecule has 0 bridgehead atoms. The molecule has 0 aromatic heterocycles. The molecule has 0 N–H and O–H groups in total. The molecule has 2 fully saturated rings. The van der Waals surface area contributed by atoms with Gasteiger partial charge in [-0.2, -0.15) is 0 Å². The third-order valence-corrected chi connectivity index (χ3v) is 4.51. The second-order valence-electron chi connectivity index (χ2n) is 5.42. The summed E-state index contributed by atoms with van der Waals surface area (Å²) < 4.78 is 11.1. The SMILES string of the molecule is COC1(CC(=O)N2CC(CCl)OCC2C)CCC1. The van der Waals surface area contributed by atoms with E-state index in [0.29, 0.717) is 25.5 Å². The zero-order chi connectivity index (χ0) is 13.2. The molecule has 0 radical (unpaired) electrons. The van der Waals surface area contributed by atoms with Crippen molar-refractivity contribution in [3.05, 3.63) is 0 Å². The van der Waals surface area contributed by atoms with Gasteiger partial charge in [0.1, 0.15) is 0 Å². The van der Waals surface area contributed by atoms with E-state index in [1.807, 2.05) is 11.8 Å². The molecule has 0 spiro atoms. The van der Waals surface area contributed by atoms with E-state index in [2.05, 4.69) is 0 Å². The summed E-state index contributed by atoms with van der Waals surface area (Å²) in [4.78, 5) is 14.3. The first-order chi connectivity index (χ1) is 8.60. The summed E-state index contributed by atoms with van der Waals surface area (Å²) in [6.45, 7) is 3.19. The van der Waals surface area contributed by atoms with Crippen molar-refractivity contribution in [2.24, 2.45) is 0 Å². The number of alkyl halides is 1. The molecule has 1 saturated carbocycles. The van der Waals surface area contributed by atoms with Crippen LogP contribution in [0.4, 0.5) is 0 Å². The minimum atomic E-state index is -0.203. The maximum absolute atomic E-state index is 12.4. The molecule has 4 nitrogen and oxygen atoms in total. The van der Waals surface area contributed by atoms with Gasteiger partial charge in [0.2, 0.25) is 5.91 Å². The average molecular weight is 276 g/mol. The van der Waals surface area contributed by atoms with Crippen molar-refractivity contribution in [1.82, 2.24) is 4.90 Å². The Kier molecular flexibility index (Phi) is 4.51. The fraction of sp³-hybridized carbons (Fsp3) is 0.923. The van der Waals surface area contributed by atoms with Crippen LogP contribution in [0, 0.1) is 0 Å². The largest absolute Gasteiger partial charge is 0.378 e. The maximum atomic E-state index is 12.4. The highest BCUT2D eigenvalue weighted by atomic mass is 35.5. The first-order valence-corrected chi connectivity index (χ1v) is 7.16. The minimum Gasteiger partial charge on any atom is -0.378 e. The molecule has 1 aliphatic carbocycles. The van der Waals surface area contributed by atoms with E-state index in [9.17, 15) is 4.79 Å². The van der Waals surface area contributed by atoms with Gasteiger partial charge in [-0.1, -0.05) is 0 Å². The molecule has 2 rings (SSSR count). The Morgan fingerprint density at radius 2 is 2.28 bits per heavy atom. The number of carbonyl (C=O) groups is 1. The van der Waals surface area contributed by atoms with Crippen LogP contribution in [0.2, 0.25) is 0 Å². The number of carbonyl (C=O) groups excluding carboxylic acids is 1. The molecule has 0 aromatic carbocycles. The third kappa shape index (κ3) is 2.81. The smallest absolute Gasteiger partial charge is 0.225 e. The Hall–Kier alpha value is -0.320. The first kappa shape index (κ1) is 14.1. The van der Waals surface area contributed by atoms with E-state index < -0.39 is 0 Å². The Morgan fingerprint density at radius 1 is 1.56 bits per heavy atom. The summed E-state index contributed by atoms with van der Waals surface area (Å²) in [6, 6.07) is 0.131. The molecule has 5 heteroatoms. The van der Waals surface area contributed by atoms with Gasteiger partial charge < -0.3 is 14.4 Å². The molecule has 0 aromatic rings. The monoisotopic (exact) mass is 275 g/mol. The van der Waals surface area contributed by atoms with Gasteiger partial charge >= 0.3 is 0 Å². The fourth-order valence-corrected chi connectivity index (χ4v) is 2.85. The van der Waals surface area contributed by atoms with E-state index in [1.165, 1.54) is 0 Å². The number of rotatable bonds is 4. The Balaban J connectivity index is 1.94. The van der Waals surface area contributed by atoms with Crippen molar-refractivity contribution in [3.8, 4) is 0 Å². The van der Waals surface area contributed by atoms with E-state index in [0.717, 1.165) is 19.3 Å². The quantitative estimate of drug-likeness (QED) is 0.735. The van der Waals surface area contributed by atoms with Gasteiger partial charge in [0.15, 0.2) is 0 Å². The van der Waals surface area contributed by atoms with E-state index >= 15 is 0 Å². The molecule has 1 heterocycles. The van der Waals surface area contributed by atoms with Crippen LogP contribution in [0.25, 0.3) is 0 Å². The molecule has 1 amide bonds. The number of halogens is 1. The van der Waals surface area contributed by atoms with E-state index in [4.69, 9.17) is 21.1 Å². The predicted molar refractivity (Wildman–Crippen MR) is 69.8 cm³/mol. The highest BCUT2D eigenvalue weighted by Gasteiger charge is 2.41. The molecule has 2 unspecified atom stereocenters. The summed E-state index contributed by atoms with van der Waals surface area (Å²) >= 11 is 5.81. The lowest BCUT2D eigenvalue weighted by Crippen LogP contribution is -2.54. The van der Waals surface area contributed by atoms with Gasteiger partial charge in [-0.3, -0.25) is 4.79 Å². The minimum absolute atomic E-state index is 0.0355. The standard InChI is InChI=1S/C13H22ClNO3/c1-10-9-18-11(7-14)8-15(10)12(16)6-13(17-2)4-3-5-13/h10-11H,3-9H2,1-2H3. The maximum Gasteiger partial charge on any atom is 0.225 e.